The molecule has 1 N–H and O–H groups in total. The van der Waals surface area contributed by atoms with Crippen LogP contribution in [0.4, 0.5) is 13.2 Å². The van der Waals surface area contributed by atoms with Gasteiger partial charge < -0.3 is 5.32 Å². The number of rotatable bonds is 5. The maximum atomic E-state index is 12.8. The molecule has 1 heterocycles. The summed E-state index contributed by atoms with van der Waals surface area (Å²) < 4.78 is 39.3. The van der Waals surface area contributed by atoms with Crippen LogP contribution in [0.5, 0.6) is 0 Å². The first-order chi connectivity index (χ1) is 9.91. The lowest BCUT2D eigenvalue weighted by Gasteiger charge is -2.18. The van der Waals surface area contributed by atoms with Gasteiger partial charge in [-0.05, 0) is 52.0 Å². The van der Waals surface area contributed by atoms with E-state index in [4.69, 9.17) is 0 Å². The topological polar surface area (TPSA) is 12.0 Å². The van der Waals surface area contributed by atoms with Gasteiger partial charge in [-0.1, -0.05) is 25.1 Å². The molecule has 0 bridgehead atoms. The predicted octanol–water partition coefficient (Wildman–Crippen LogP) is 5.42. The summed E-state index contributed by atoms with van der Waals surface area (Å²) in [6.07, 6.45) is -3.77. The maximum Gasteiger partial charge on any atom is 0.416 e. The molecule has 1 nitrogen and oxygen atoms in total. The average Bonchev–Trinajstić information content (AvgIpc) is 2.84. The summed E-state index contributed by atoms with van der Waals surface area (Å²) in [5.74, 6) is 0. The van der Waals surface area contributed by atoms with Crippen molar-refractivity contribution in [1.29, 1.82) is 0 Å². The fourth-order valence-corrected chi connectivity index (χ4v) is 3.89. The summed E-state index contributed by atoms with van der Waals surface area (Å²) in [6.45, 7) is 2.74. The summed E-state index contributed by atoms with van der Waals surface area (Å²) in [4.78, 5) is 1.11. The van der Waals surface area contributed by atoms with Crippen molar-refractivity contribution in [2.75, 3.05) is 6.54 Å². The van der Waals surface area contributed by atoms with Gasteiger partial charge >= 0.3 is 6.18 Å². The smallest absolute Gasteiger partial charge is 0.309 e. The molecule has 0 amide bonds. The minimum atomic E-state index is -4.30. The van der Waals surface area contributed by atoms with Gasteiger partial charge in [-0.25, -0.2) is 0 Å². The molecule has 0 radical (unpaired) electrons. The van der Waals surface area contributed by atoms with Crippen molar-refractivity contribution in [2.24, 2.45) is 0 Å². The number of hydrogen-bond donors (Lipinski definition) is 1. The van der Waals surface area contributed by atoms with Gasteiger partial charge in [0.25, 0.3) is 0 Å². The monoisotopic (exact) mass is 377 g/mol. The van der Waals surface area contributed by atoms with Crippen molar-refractivity contribution in [2.45, 2.75) is 25.6 Å². The van der Waals surface area contributed by atoms with E-state index >= 15 is 0 Å². The highest BCUT2D eigenvalue weighted by Crippen LogP contribution is 2.33. The highest BCUT2D eigenvalue weighted by molar-refractivity contribution is 9.10. The van der Waals surface area contributed by atoms with E-state index in [1.165, 1.54) is 12.1 Å². The normalized spacial score (nSPS) is 13.4. The fraction of sp³-hybridized carbons (Fsp3) is 0.333. The van der Waals surface area contributed by atoms with Crippen LogP contribution in [0.1, 0.15) is 29.0 Å². The van der Waals surface area contributed by atoms with Crippen LogP contribution in [0.25, 0.3) is 0 Å². The Morgan fingerprint density at radius 1 is 1.29 bits per heavy atom. The van der Waals surface area contributed by atoms with E-state index in [2.05, 4.69) is 21.2 Å². The summed E-state index contributed by atoms with van der Waals surface area (Å²) in [7, 11) is 0. The van der Waals surface area contributed by atoms with Crippen LogP contribution in [0.2, 0.25) is 0 Å². The third-order valence-electron chi connectivity index (χ3n) is 3.11. The van der Waals surface area contributed by atoms with Crippen molar-refractivity contribution in [3.63, 3.8) is 0 Å². The minimum Gasteiger partial charge on any atom is -0.309 e. The van der Waals surface area contributed by atoms with E-state index in [-0.39, 0.29) is 6.04 Å². The summed E-state index contributed by atoms with van der Waals surface area (Å²) in [5.41, 5.74) is 0.0802. The Hall–Kier alpha value is -0.850. The van der Waals surface area contributed by atoms with E-state index in [0.717, 1.165) is 22.0 Å². The van der Waals surface area contributed by atoms with Gasteiger partial charge in [-0.2, -0.15) is 13.2 Å². The second-order valence-electron chi connectivity index (χ2n) is 4.65. The quantitative estimate of drug-likeness (QED) is 0.732. The molecule has 1 aromatic carbocycles. The van der Waals surface area contributed by atoms with Crippen LogP contribution >= 0.6 is 27.3 Å². The third kappa shape index (κ3) is 4.31. The second-order valence-corrected chi connectivity index (χ2v) is 6.45. The molecule has 0 spiro atoms. The molecule has 0 fully saturated rings. The fourth-order valence-electron chi connectivity index (χ4n) is 2.17. The summed E-state index contributed by atoms with van der Waals surface area (Å²) in [5, 5.41) is 5.30. The molecule has 0 saturated heterocycles. The van der Waals surface area contributed by atoms with Crippen LogP contribution in [-0.4, -0.2) is 6.54 Å². The van der Waals surface area contributed by atoms with Crippen molar-refractivity contribution in [3.05, 3.63) is 56.2 Å². The Bertz CT molecular complexity index is 595. The van der Waals surface area contributed by atoms with Gasteiger partial charge in [0.2, 0.25) is 0 Å². The van der Waals surface area contributed by atoms with Crippen molar-refractivity contribution < 1.29 is 13.2 Å². The molecule has 2 aromatic rings. The molecule has 1 aromatic heterocycles. The van der Waals surface area contributed by atoms with Crippen LogP contribution in [0.15, 0.2) is 40.2 Å². The largest absolute Gasteiger partial charge is 0.416 e. The Balaban J connectivity index is 2.24. The zero-order valence-corrected chi connectivity index (χ0v) is 13.8. The molecule has 0 aliphatic heterocycles. The summed E-state index contributed by atoms with van der Waals surface area (Å²) in [6, 6.07) is 7.49. The van der Waals surface area contributed by atoms with Crippen molar-refractivity contribution in [1.82, 2.24) is 5.32 Å². The van der Waals surface area contributed by atoms with E-state index < -0.39 is 11.7 Å². The molecule has 2 rings (SSSR count). The standard InChI is InChI=1S/C15H15BrF3NS/c1-2-20-13(14-12(16)6-7-21-14)9-10-4-3-5-11(8-10)15(17,18)19/h3-8,13,20H,2,9H2,1H3. The molecule has 0 saturated carbocycles. The lowest BCUT2D eigenvalue weighted by atomic mass is 10.0. The Labute approximate surface area is 134 Å². The van der Waals surface area contributed by atoms with Crippen LogP contribution in [-0.2, 0) is 12.6 Å². The second kappa shape index (κ2) is 6.94. The molecule has 0 aliphatic rings. The number of alkyl halides is 3. The third-order valence-corrected chi connectivity index (χ3v) is 5.09. The first-order valence-corrected chi connectivity index (χ1v) is 8.21. The Morgan fingerprint density at radius 2 is 2.05 bits per heavy atom. The zero-order chi connectivity index (χ0) is 15.5. The number of nitrogens with one attached hydrogen (secondary N) is 1. The van der Waals surface area contributed by atoms with Gasteiger partial charge in [0.05, 0.1) is 5.56 Å². The van der Waals surface area contributed by atoms with Crippen LogP contribution in [0.3, 0.4) is 0 Å². The van der Waals surface area contributed by atoms with Gasteiger partial charge in [-0.3, -0.25) is 0 Å². The molecular formula is C15H15BrF3NS. The first kappa shape index (κ1) is 16.5. The number of likely N-dealkylation sites (N-methyl/N-ethyl adjacent to an activating group) is 1. The molecule has 0 aliphatic carbocycles. The highest BCUT2D eigenvalue weighted by Gasteiger charge is 2.30. The molecule has 1 unspecified atom stereocenters. The van der Waals surface area contributed by atoms with E-state index in [9.17, 15) is 13.2 Å². The molecule has 1 atom stereocenters. The van der Waals surface area contributed by atoms with E-state index in [1.54, 1.807) is 17.4 Å². The molecule has 21 heavy (non-hydrogen) atoms. The molecule has 114 valence electrons. The van der Waals surface area contributed by atoms with E-state index in [1.807, 2.05) is 18.4 Å². The average molecular weight is 378 g/mol. The van der Waals surface area contributed by atoms with Crippen LogP contribution < -0.4 is 5.32 Å². The first-order valence-electron chi connectivity index (χ1n) is 6.54. The van der Waals surface area contributed by atoms with Gasteiger partial charge in [0.1, 0.15) is 0 Å². The molecule has 6 heteroatoms. The van der Waals surface area contributed by atoms with Crippen LogP contribution in [0, 0.1) is 0 Å². The van der Waals surface area contributed by atoms with E-state index in [0.29, 0.717) is 12.0 Å². The zero-order valence-electron chi connectivity index (χ0n) is 11.4. The number of thiophene rings is 1. The highest BCUT2D eigenvalue weighted by atomic mass is 79.9. The molecular weight excluding hydrogens is 363 g/mol. The lowest BCUT2D eigenvalue weighted by Crippen LogP contribution is -2.22. The Kier molecular flexibility index (Phi) is 5.46. The summed E-state index contributed by atoms with van der Waals surface area (Å²) >= 11 is 5.08. The number of halogens is 4. The van der Waals surface area contributed by atoms with Gasteiger partial charge in [0, 0.05) is 15.4 Å². The minimum absolute atomic E-state index is 0.00728. The van der Waals surface area contributed by atoms with Gasteiger partial charge in [-0.15, -0.1) is 11.3 Å². The number of hydrogen-bond acceptors (Lipinski definition) is 2. The Morgan fingerprint density at radius 3 is 2.62 bits per heavy atom. The lowest BCUT2D eigenvalue weighted by molar-refractivity contribution is -0.137. The van der Waals surface area contributed by atoms with Crippen molar-refractivity contribution >= 4 is 27.3 Å². The van der Waals surface area contributed by atoms with Gasteiger partial charge in [0.15, 0.2) is 0 Å². The maximum absolute atomic E-state index is 12.8. The predicted molar refractivity (Wildman–Crippen MR) is 83.6 cm³/mol. The van der Waals surface area contributed by atoms with Crippen molar-refractivity contribution in [3.8, 4) is 0 Å². The SMILES string of the molecule is CCNC(Cc1cccc(C(F)(F)F)c1)c1sccc1Br. The number of benzene rings is 1.